The number of hydrogen-bond acceptors (Lipinski definition) is 10. The van der Waals surface area contributed by atoms with E-state index >= 15 is 0 Å². The van der Waals surface area contributed by atoms with E-state index in [-0.39, 0.29) is 55.1 Å². The number of nitrogens with one attached hydrogen (secondary N) is 3. The van der Waals surface area contributed by atoms with Gasteiger partial charge >= 0.3 is 5.96 Å². The minimum atomic E-state index is -2.57. The van der Waals surface area contributed by atoms with Crippen LogP contribution in [-0.4, -0.2) is 92.0 Å². The molecule has 3 amide bonds. The summed E-state index contributed by atoms with van der Waals surface area (Å²) < 4.78 is 1.50. The summed E-state index contributed by atoms with van der Waals surface area (Å²) >= 11 is 0. The molecular weight excluding hydrogens is 492 g/mol. The summed E-state index contributed by atoms with van der Waals surface area (Å²) in [6.07, 6.45) is 4.36. The molecule has 13 heteroatoms. The Kier molecular flexibility index (Phi) is 4.59. The molecule has 9 N–H and O–H groups in total. The lowest BCUT2D eigenvalue weighted by Gasteiger charge is -2.44. The van der Waals surface area contributed by atoms with E-state index in [2.05, 4.69) is 27.0 Å². The highest BCUT2D eigenvalue weighted by Crippen LogP contribution is 2.57. The molecule has 2 aliphatic carbocycles. The van der Waals surface area contributed by atoms with Crippen molar-refractivity contribution in [2.45, 2.75) is 73.5 Å². The third-order valence-electron chi connectivity index (χ3n) is 9.41. The fraction of sp³-hybridized carbons (Fsp3) is 0.560. The van der Waals surface area contributed by atoms with Gasteiger partial charge in [0.15, 0.2) is 5.96 Å². The van der Waals surface area contributed by atoms with Crippen LogP contribution in [0.2, 0.25) is 0 Å². The summed E-state index contributed by atoms with van der Waals surface area (Å²) in [6.45, 7) is -0.112. The number of carbonyl (C=O) groups excluding carboxylic acids is 3. The Labute approximate surface area is 217 Å². The van der Waals surface area contributed by atoms with Crippen molar-refractivity contribution in [3.63, 3.8) is 0 Å². The first-order valence-electron chi connectivity index (χ1n) is 13.1. The minimum absolute atomic E-state index is 0.0445. The van der Waals surface area contributed by atoms with Gasteiger partial charge in [-0.25, -0.2) is 9.57 Å². The van der Waals surface area contributed by atoms with Gasteiger partial charge in [0, 0.05) is 18.4 Å². The van der Waals surface area contributed by atoms with E-state index in [1.165, 1.54) is 10.1 Å². The summed E-state index contributed by atoms with van der Waals surface area (Å²) in [6, 6.07) is 2.90. The van der Waals surface area contributed by atoms with Gasteiger partial charge < -0.3 is 26.6 Å². The Morgan fingerprint density at radius 3 is 2.61 bits per heavy atom. The van der Waals surface area contributed by atoms with Crippen molar-refractivity contribution in [2.24, 2.45) is 16.5 Å². The first-order valence-corrected chi connectivity index (χ1v) is 13.1. The van der Waals surface area contributed by atoms with E-state index < -0.39 is 35.5 Å². The summed E-state index contributed by atoms with van der Waals surface area (Å²) in [5.74, 6) is -3.55. The van der Waals surface area contributed by atoms with Gasteiger partial charge in [-0.1, -0.05) is 12.1 Å². The molecule has 1 aromatic rings. The van der Waals surface area contributed by atoms with E-state index in [4.69, 9.17) is 11.5 Å². The van der Waals surface area contributed by atoms with Crippen LogP contribution >= 0.6 is 0 Å². The predicted octanol–water partition coefficient (Wildman–Crippen LogP) is -3.11. The number of benzene rings is 1. The summed E-state index contributed by atoms with van der Waals surface area (Å²) in [5.41, 5.74) is 13.7. The number of amides is 3. The minimum Gasteiger partial charge on any atom is -0.370 e. The van der Waals surface area contributed by atoms with E-state index in [0.29, 0.717) is 5.56 Å². The summed E-state index contributed by atoms with van der Waals surface area (Å²) in [7, 11) is 0. The maximum absolute atomic E-state index is 13.5. The van der Waals surface area contributed by atoms with Crippen LogP contribution in [0.15, 0.2) is 23.2 Å². The number of nitrogens with zero attached hydrogens (tertiary/aromatic N) is 3. The number of nitrogens with two attached hydrogens (primary N) is 2. The largest absolute Gasteiger partial charge is 0.370 e. The van der Waals surface area contributed by atoms with Crippen LogP contribution in [0.4, 0.5) is 0 Å². The van der Waals surface area contributed by atoms with Crippen molar-refractivity contribution < 1.29 is 29.2 Å². The lowest BCUT2D eigenvalue weighted by Crippen LogP contribution is -2.79. The van der Waals surface area contributed by atoms with Crippen molar-refractivity contribution >= 4 is 29.6 Å². The fourth-order valence-electron chi connectivity index (χ4n) is 7.30. The molecule has 200 valence electrons. The van der Waals surface area contributed by atoms with Crippen LogP contribution in [0.5, 0.6) is 0 Å². The standard InChI is InChI=1S/C25H30N8O5/c26-21-30-19-15(10-32-17(34)4-5-18(32)35)28-22(27)33-11-16(25(37,38)24(19,33)31-21)29-20(36)13-2-1-3-14-12(13)6-7-23(14)8-9-23/h1-3,15-16,19,37-38H,4-11H2,(H6,26,27,28,29,30,31,36)/p+1/t15-,16?,19-,24-/m0/s1. The Morgan fingerprint density at radius 2 is 1.89 bits per heavy atom. The quantitative estimate of drug-likeness (QED) is 0.121. The van der Waals surface area contributed by atoms with Crippen molar-refractivity contribution in [2.75, 3.05) is 13.1 Å². The number of guanidine groups is 2. The van der Waals surface area contributed by atoms with Crippen molar-refractivity contribution in [3.05, 3.63) is 34.9 Å². The molecule has 1 unspecified atom stereocenters. The molecule has 0 aromatic heterocycles. The van der Waals surface area contributed by atoms with Crippen molar-refractivity contribution in [3.8, 4) is 0 Å². The molecule has 2 saturated heterocycles. The molecule has 38 heavy (non-hydrogen) atoms. The molecule has 0 bridgehead atoms. The molecule has 13 nitrogen and oxygen atoms in total. The van der Waals surface area contributed by atoms with Crippen LogP contribution in [0, 0.1) is 0 Å². The second-order valence-electron chi connectivity index (χ2n) is 11.4. The van der Waals surface area contributed by atoms with Crippen LogP contribution in [0.3, 0.4) is 0 Å². The highest BCUT2D eigenvalue weighted by molar-refractivity contribution is 6.02. The van der Waals surface area contributed by atoms with Gasteiger partial charge in [0.2, 0.25) is 23.3 Å². The molecule has 4 atom stereocenters. The fourth-order valence-corrected chi connectivity index (χ4v) is 7.30. The zero-order valence-electron chi connectivity index (χ0n) is 20.7. The molecule has 1 saturated carbocycles. The van der Waals surface area contributed by atoms with Gasteiger partial charge in [0.05, 0.1) is 13.1 Å². The van der Waals surface area contributed by atoms with Crippen LogP contribution < -0.4 is 27.4 Å². The lowest BCUT2D eigenvalue weighted by atomic mass is 9.85. The number of rotatable bonds is 4. The summed E-state index contributed by atoms with van der Waals surface area (Å²) in [5, 5.41) is 32.2. The normalized spacial score (nSPS) is 33.5. The molecule has 4 aliphatic heterocycles. The van der Waals surface area contributed by atoms with E-state index in [9.17, 15) is 24.6 Å². The SMILES string of the molecule is NC1=N[C@H]2[C@H](CN3C(=O)CCC3=O)NC(N)=[N+]3CC(NC(=O)c4cccc5c4CCC54CC4)C(O)(O)[C@]23N1. The Balaban J connectivity index is 1.20. The van der Waals surface area contributed by atoms with E-state index in [1.807, 2.05) is 6.07 Å². The first kappa shape index (κ1) is 23.4. The van der Waals surface area contributed by atoms with Gasteiger partial charge in [-0.15, -0.1) is 0 Å². The second kappa shape index (κ2) is 7.44. The second-order valence-corrected chi connectivity index (χ2v) is 11.4. The zero-order valence-corrected chi connectivity index (χ0v) is 20.7. The van der Waals surface area contributed by atoms with Crippen molar-refractivity contribution in [1.29, 1.82) is 0 Å². The van der Waals surface area contributed by atoms with Crippen LogP contribution in [0.25, 0.3) is 0 Å². The number of fused-ring (bicyclic) bond motifs is 2. The number of hydrogen-bond donors (Lipinski definition) is 7. The van der Waals surface area contributed by atoms with Gasteiger partial charge in [-0.2, -0.15) is 0 Å². The molecule has 6 aliphatic rings. The number of aliphatic imine (C=N–C) groups is 1. The first-order chi connectivity index (χ1) is 18.1. The van der Waals surface area contributed by atoms with Gasteiger partial charge in [0.1, 0.15) is 18.1 Å². The molecule has 0 radical (unpaired) electrons. The number of aliphatic hydroxyl groups is 2. The highest BCUT2D eigenvalue weighted by Gasteiger charge is 2.75. The van der Waals surface area contributed by atoms with Gasteiger partial charge in [-0.3, -0.25) is 30.3 Å². The number of carbonyl (C=O) groups is 3. The topological polar surface area (TPSA) is 198 Å². The molecule has 4 heterocycles. The molecule has 7 rings (SSSR count). The third-order valence-corrected chi connectivity index (χ3v) is 9.41. The average molecular weight is 524 g/mol. The molecular formula is C25H31N8O5+. The number of likely N-dealkylation sites (tertiary alicyclic amines) is 1. The monoisotopic (exact) mass is 523 g/mol. The number of imide groups is 1. The van der Waals surface area contributed by atoms with E-state index in [0.717, 1.165) is 36.1 Å². The smallest absolute Gasteiger partial charge is 0.346 e. The van der Waals surface area contributed by atoms with Crippen LogP contribution in [-0.2, 0) is 21.4 Å². The maximum Gasteiger partial charge on any atom is 0.346 e. The molecule has 2 spiro atoms. The van der Waals surface area contributed by atoms with Crippen molar-refractivity contribution in [1.82, 2.24) is 20.9 Å². The third kappa shape index (κ3) is 2.91. The maximum atomic E-state index is 13.5. The summed E-state index contributed by atoms with van der Waals surface area (Å²) in [4.78, 5) is 43.7. The van der Waals surface area contributed by atoms with Crippen LogP contribution in [0.1, 0.15) is 53.6 Å². The lowest BCUT2D eigenvalue weighted by molar-refractivity contribution is -0.623. The predicted molar refractivity (Wildman–Crippen MR) is 133 cm³/mol. The average Bonchev–Trinajstić information content (AvgIpc) is 3.18. The molecule has 1 aromatic carbocycles. The Morgan fingerprint density at radius 1 is 1.16 bits per heavy atom. The highest BCUT2D eigenvalue weighted by atomic mass is 16.5. The Bertz CT molecular complexity index is 1350. The molecule has 3 fully saturated rings. The van der Waals surface area contributed by atoms with Gasteiger partial charge in [0.25, 0.3) is 5.91 Å². The van der Waals surface area contributed by atoms with Gasteiger partial charge in [-0.05, 0) is 48.3 Å². The zero-order chi connectivity index (χ0) is 26.6. The van der Waals surface area contributed by atoms with E-state index in [1.54, 1.807) is 6.07 Å². The Hall–Kier alpha value is -3.71.